The monoisotopic (exact) mass is 185 g/mol. The largest absolute Gasteiger partial charge is 0.315 e. The second-order valence-electron chi connectivity index (χ2n) is 3.82. The molecule has 70 valence electrons. The maximum atomic E-state index is 5.25. The Kier molecular flexibility index (Phi) is 5.44. The molecule has 12 heavy (non-hydrogen) atoms. The molecule has 0 radical (unpaired) electrons. The third-order valence-electron chi connectivity index (χ3n) is 1.49. The summed E-state index contributed by atoms with van der Waals surface area (Å²) in [4.78, 5) is 0. The van der Waals surface area contributed by atoms with Gasteiger partial charge in [0.25, 0.3) is 0 Å². The molecule has 0 aliphatic rings. The standard InChI is InChI=1S/C10H19NS/c1-6-7-9(11-5)8-12-10(2,3)4/h1,9,11H,7-8H2,2-5H3. The van der Waals surface area contributed by atoms with Gasteiger partial charge in [-0.1, -0.05) is 20.8 Å². The van der Waals surface area contributed by atoms with Crippen LogP contribution in [0.5, 0.6) is 0 Å². The number of terminal acetylenes is 1. The summed E-state index contributed by atoms with van der Waals surface area (Å²) in [5.41, 5.74) is 0. The molecule has 1 atom stereocenters. The summed E-state index contributed by atoms with van der Waals surface area (Å²) in [6.45, 7) is 6.67. The van der Waals surface area contributed by atoms with Crippen LogP contribution in [0.2, 0.25) is 0 Å². The lowest BCUT2D eigenvalue weighted by Crippen LogP contribution is -2.29. The van der Waals surface area contributed by atoms with Crippen molar-refractivity contribution in [2.75, 3.05) is 12.8 Å². The molecule has 0 saturated carbocycles. The van der Waals surface area contributed by atoms with E-state index in [0.717, 1.165) is 12.2 Å². The molecule has 0 aromatic heterocycles. The highest BCUT2D eigenvalue weighted by Gasteiger charge is 2.13. The Balaban J connectivity index is 3.67. The third kappa shape index (κ3) is 6.57. The summed E-state index contributed by atoms with van der Waals surface area (Å²) in [6.07, 6.45) is 6.06. The molecule has 0 amide bonds. The maximum absolute atomic E-state index is 5.25. The molecule has 0 fully saturated rings. The van der Waals surface area contributed by atoms with Gasteiger partial charge in [-0.05, 0) is 7.05 Å². The summed E-state index contributed by atoms with van der Waals surface area (Å²) in [7, 11) is 1.96. The van der Waals surface area contributed by atoms with E-state index in [1.165, 1.54) is 0 Å². The van der Waals surface area contributed by atoms with Gasteiger partial charge in [0.15, 0.2) is 0 Å². The van der Waals surface area contributed by atoms with E-state index < -0.39 is 0 Å². The first kappa shape index (κ1) is 11.9. The predicted molar refractivity (Wildman–Crippen MR) is 58.5 cm³/mol. The Morgan fingerprint density at radius 1 is 1.50 bits per heavy atom. The number of thioether (sulfide) groups is 1. The Morgan fingerprint density at radius 2 is 2.08 bits per heavy atom. The van der Waals surface area contributed by atoms with Crippen molar-refractivity contribution in [3.63, 3.8) is 0 Å². The van der Waals surface area contributed by atoms with Gasteiger partial charge in [0.2, 0.25) is 0 Å². The van der Waals surface area contributed by atoms with Crippen LogP contribution in [0.3, 0.4) is 0 Å². The van der Waals surface area contributed by atoms with Crippen molar-refractivity contribution in [3.05, 3.63) is 0 Å². The van der Waals surface area contributed by atoms with E-state index in [-0.39, 0.29) is 0 Å². The molecule has 1 unspecified atom stereocenters. The van der Waals surface area contributed by atoms with Crippen molar-refractivity contribution in [1.82, 2.24) is 5.32 Å². The number of nitrogens with one attached hydrogen (secondary N) is 1. The molecular weight excluding hydrogens is 166 g/mol. The smallest absolute Gasteiger partial charge is 0.0264 e. The van der Waals surface area contributed by atoms with E-state index >= 15 is 0 Å². The molecule has 0 bridgehead atoms. The molecular formula is C10H19NS. The van der Waals surface area contributed by atoms with E-state index in [1.54, 1.807) is 0 Å². The fourth-order valence-electron chi connectivity index (χ4n) is 0.737. The molecule has 0 aromatic carbocycles. The minimum absolute atomic E-state index is 0.337. The van der Waals surface area contributed by atoms with Gasteiger partial charge in [0.05, 0.1) is 0 Å². The molecule has 0 heterocycles. The quantitative estimate of drug-likeness (QED) is 0.673. The highest BCUT2D eigenvalue weighted by molar-refractivity contribution is 8.00. The van der Waals surface area contributed by atoms with Crippen LogP contribution in [0.15, 0.2) is 0 Å². The molecule has 0 saturated heterocycles. The summed E-state index contributed by atoms with van der Waals surface area (Å²) >= 11 is 1.95. The van der Waals surface area contributed by atoms with E-state index in [0.29, 0.717) is 10.8 Å². The van der Waals surface area contributed by atoms with Gasteiger partial charge in [-0.25, -0.2) is 0 Å². The van der Waals surface area contributed by atoms with Gasteiger partial charge in [-0.3, -0.25) is 0 Å². The van der Waals surface area contributed by atoms with E-state index in [9.17, 15) is 0 Å². The normalized spacial score (nSPS) is 13.9. The van der Waals surface area contributed by atoms with E-state index in [1.807, 2.05) is 18.8 Å². The Hall–Kier alpha value is -0.130. The first-order valence-electron chi connectivity index (χ1n) is 4.24. The molecule has 1 nitrogen and oxygen atoms in total. The van der Waals surface area contributed by atoms with Gasteiger partial charge in [0, 0.05) is 23.0 Å². The molecule has 0 aromatic rings. The van der Waals surface area contributed by atoms with Gasteiger partial charge in [0.1, 0.15) is 0 Å². The minimum atomic E-state index is 0.337. The molecule has 0 aliphatic heterocycles. The molecule has 0 spiro atoms. The van der Waals surface area contributed by atoms with Gasteiger partial charge >= 0.3 is 0 Å². The lowest BCUT2D eigenvalue weighted by Gasteiger charge is -2.21. The second-order valence-corrected chi connectivity index (χ2v) is 5.66. The number of hydrogen-bond acceptors (Lipinski definition) is 2. The lowest BCUT2D eigenvalue weighted by atomic mass is 10.2. The third-order valence-corrected chi connectivity index (χ3v) is 2.93. The average molecular weight is 185 g/mol. The fraction of sp³-hybridized carbons (Fsp3) is 0.800. The molecule has 0 aliphatic carbocycles. The first-order chi connectivity index (χ1) is 5.49. The molecule has 1 N–H and O–H groups in total. The highest BCUT2D eigenvalue weighted by Crippen LogP contribution is 2.23. The van der Waals surface area contributed by atoms with Crippen LogP contribution < -0.4 is 5.32 Å². The van der Waals surface area contributed by atoms with Crippen molar-refractivity contribution < 1.29 is 0 Å². The van der Waals surface area contributed by atoms with Gasteiger partial charge in [-0.2, -0.15) is 11.8 Å². The first-order valence-corrected chi connectivity index (χ1v) is 5.23. The van der Waals surface area contributed by atoms with Crippen LogP contribution in [-0.2, 0) is 0 Å². The van der Waals surface area contributed by atoms with Crippen molar-refractivity contribution in [1.29, 1.82) is 0 Å². The zero-order chi connectivity index (χ0) is 9.61. The van der Waals surface area contributed by atoms with Crippen LogP contribution in [0, 0.1) is 12.3 Å². The SMILES string of the molecule is C#CCC(CSC(C)(C)C)NC. The molecule has 2 heteroatoms. The average Bonchev–Trinajstić information content (AvgIpc) is 1.96. The zero-order valence-electron chi connectivity index (χ0n) is 8.48. The second kappa shape index (κ2) is 5.50. The van der Waals surface area contributed by atoms with Crippen molar-refractivity contribution in [3.8, 4) is 12.3 Å². The number of hydrogen-bond donors (Lipinski definition) is 1. The predicted octanol–water partition coefficient (Wildman–Crippen LogP) is 2.13. The number of rotatable bonds is 4. The topological polar surface area (TPSA) is 12.0 Å². The summed E-state index contributed by atoms with van der Waals surface area (Å²) in [6, 6.07) is 0.458. The van der Waals surface area contributed by atoms with Crippen LogP contribution in [-0.4, -0.2) is 23.6 Å². The zero-order valence-corrected chi connectivity index (χ0v) is 9.29. The minimum Gasteiger partial charge on any atom is -0.315 e. The summed E-state index contributed by atoms with van der Waals surface area (Å²) in [5, 5.41) is 3.21. The van der Waals surface area contributed by atoms with Crippen LogP contribution >= 0.6 is 11.8 Å². The van der Waals surface area contributed by atoms with Crippen molar-refractivity contribution in [2.45, 2.75) is 38.0 Å². The van der Waals surface area contributed by atoms with E-state index in [4.69, 9.17) is 6.42 Å². The Labute approximate surface area is 80.7 Å². The fourth-order valence-corrected chi connectivity index (χ4v) is 1.72. The Morgan fingerprint density at radius 3 is 2.42 bits per heavy atom. The van der Waals surface area contributed by atoms with Gasteiger partial charge < -0.3 is 5.32 Å². The molecule has 0 rings (SSSR count). The summed E-state index contributed by atoms with van der Waals surface area (Å²) in [5.74, 6) is 3.77. The summed E-state index contributed by atoms with van der Waals surface area (Å²) < 4.78 is 0.337. The van der Waals surface area contributed by atoms with Crippen LogP contribution in [0.4, 0.5) is 0 Å². The van der Waals surface area contributed by atoms with Crippen LogP contribution in [0.25, 0.3) is 0 Å². The van der Waals surface area contributed by atoms with Crippen molar-refractivity contribution >= 4 is 11.8 Å². The van der Waals surface area contributed by atoms with Crippen molar-refractivity contribution in [2.24, 2.45) is 0 Å². The lowest BCUT2D eigenvalue weighted by molar-refractivity contribution is 0.633. The highest BCUT2D eigenvalue weighted by atomic mass is 32.2. The maximum Gasteiger partial charge on any atom is 0.0264 e. The van der Waals surface area contributed by atoms with Gasteiger partial charge in [-0.15, -0.1) is 12.3 Å². The van der Waals surface area contributed by atoms with E-state index in [2.05, 4.69) is 32.0 Å². The Bertz CT molecular complexity index is 152. The van der Waals surface area contributed by atoms with Crippen LogP contribution in [0.1, 0.15) is 27.2 Å².